The summed E-state index contributed by atoms with van der Waals surface area (Å²) in [4.78, 5) is 11.9. The number of amides is 1. The fourth-order valence-electron chi connectivity index (χ4n) is 1.56. The van der Waals surface area contributed by atoms with Gasteiger partial charge in [0.05, 0.1) is 5.56 Å². The van der Waals surface area contributed by atoms with Crippen molar-refractivity contribution >= 4 is 27.5 Å². The Labute approximate surface area is 116 Å². The Morgan fingerprint density at radius 1 is 1.56 bits per heavy atom. The largest absolute Gasteiger partial charge is 0.398 e. The third kappa shape index (κ3) is 4.66. The maximum absolute atomic E-state index is 11.9. The Bertz CT molecular complexity index is 410. The second-order valence-electron chi connectivity index (χ2n) is 4.42. The Balaban J connectivity index is 2.43. The number of halogens is 1. The van der Waals surface area contributed by atoms with Crippen molar-refractivity contribution in [3.8, 4) is 0 Å². The lowest BCUT2D eigenvalue weighted by Crippen LogP contribution is -2.25. The summed E-state index contributed by atoms with van der Waals surface area (Å²) in [6.07, 6.45) is 1.74. The maximum Gasteiger partial charge on any atom is 0.253 e. The van der Waals surface area contributed by atoms with Gasteiger partial charge in [0, 0.05) is 23.3 Å². The Morgan fingerprint density at radius 3 is 2.94 bits per heavy atom. The zero-order valence-electron chi connectivity index (χ0n) is 10.4. The number of hydrogen-bond donors (Lipinski definition) is 3. The fourth-order valence-corrected chi connectivity index (χ4v) is 1.93. The van der Waals surface area contributed by atoms with Gasteiger partial charge in [0.25, 0.3) is 5.91 Å². The third-order valence-corrected chi connectivity index (χ3v) is 3.22. The SMILES string of the molecule is CC(CO)CCCNC(=O)c1cc(Br)ccc1N. The second kappa shape index (κ2) is 7.38. The topological polar surface area (TPSA) is 75.3 Å². The lowest BCUT2D eigenvalue weighted by Gasteiger charge is -2.10. The van der Waals surface area contributed by atoms with Gasteiger partial charge in [-0.2, -0.15) is 0 Å². The molecule has 0 aliphatic carbocycles. The second-order valence-corrected chi connectivity index (χ2v) is 5.33. The Morgan fingerprint density at radius 2 is 2.28 bits per heavy atom. The van der Waals surface area contributed by atoms with Crippen LogP contribution in [-0.4, -0.2) is 24.2 Å². The number of anilines is 1. The van der Waals surface area contributed by atoms with Gasteiger partial charge in [-0.25, -0.2) is 0 Å². The molecule has 0 saturated carbocycles. The van der Waals surface area contributed by atoms with E-state index in [1.165, 1.54) is 0 Å². The number of carbonyl (C=O) groups is 1. The lowest BCUT2D eigenvalue weighted by atomic mass is 10.1. The van der Waals surface area contributed by atoms with Gasteiger partial charge in [-0.15, -0.1) is 0 Å². The highest BCUT2D eigenvalue weighted by Gasteiger charge is 2.09. The number of carbonyl (C=O) groups excluding carboxylic acids is 1. The number of rotatable bonds is 6. The molecule has 0 spiro atoms. The van der Waals surface area contributed by atoms with Gasteiger partial charge in [-0.1, -0.05) is 22.9 Å². The van der Waals surface area contributed by atoms with Crippen LogP contribution >= 0.6 is 15.9 Å². The first-order valence-corrected chi connectivity index (χ1v) is 6.78. The van der Waals surface area contributed by atoms with Gasteiger partial charge >= 0.3 is 0 Å². The van der Waals surface area contributed by atoms with Crippen LogP contribution in [0, 0.1) is 5.92 Å². The van der Waals surface area contributed by atoms with E-state index < -0.39 is 0 Å². The minimum atomic E-state index is -0.162. The molecular formula is C13H19BrN2O2. The van der Waals surface area contributed by atoms with Crippen LogP contribution in [0.15, 0.2) is 22.7 Å². The summed E-state index contributed by atoms with van der Waals surface area (Å²) in [7, 11) is 0. The normalized spacial score (nSPS) is 12.2. The number of nitrogen functional groups attached to an aromatic ring is 1. The molecule has 1 aromatic rings. The van der Waals surface area contributed by atoms with Crippen LogP contribution in [0.4, 0.5) is 5.69 Å². The van der Waals surface area contributed by atoms with Crippen LogP contribution in [0.25, 0.3) is 0 Å². The van der Waals surface area contributed by atoms with Crippen LogP contribution in [-0.2, 0) is 0 Å². The molecule has 0 aliphatic heterocycles. The van der Waals surface area contributed by atoms with Gasteiger partial charge in [0.2, 0.25) is 0 Å². The molecule has 0 heterocycles. The summed E-state index contributed by atoms with van der Waals surface area (Å²) < 4.78 is 0.829. The molecule has 0 aliphatic rings. The first-order chi connectivity index (χ1) is 8.54. The molecule has 0 saturated heterocycles. The Kier molecular flexibility index (Phi) is 6.15. The van der Waals surface area contributed by atoms with Crippen molar-refractivity contribution in [2.24, 2.45) is 5.92 Å². The quantitative estimate of drug-likeness (QED) is 0.556. The number of hydrogen-bond acceptors (Lipinski definition) is 3. The van der Waals surface area contributed by atoms with Crippen LogP contribution < -0.4 is 11.1 Å². The van der Waals surface area contributed by atoms with Crippen molar-refractivity contribution in [1.82, 2.24) is 5.32 Å². The number of nitrogens with one attached hydrogen (secondary N) is 1. The molecule has 100 valence electrons. The summed E-state index contributed by atoms with van der Waals surface area (Å²) >= 11 is 3.31. The van der Waals surface area contributed by atoms with Gasteiger partial charge in [-0.3, -0.25) is 4.79 Å². The van der Waals surface area contributed by atoms with E-state index in [1.807, 2.05) is 6.92 Å². The Hall–Kier alpha value is -1.07. The molecule has 1 rings (SSSR count). The first-order valence-electron chi connectivity index (χ1n) is 5.98. The number of benzene rings is 1. The average molecular weight is 315 g/mol. The number of aliphatic hydroxyl groups excluding tert-OH is 1. The zero-order valence-corrected chi connectivity index (χ0v) is 12.0. The number of nitrogens with two attached hydrogens (primary N) is 1. The van der Waals surface area contributed by atoms with Crippen LogP contribution in [0.1, 0.15) is 30.1 Å². The van der Waals surface area contributed by atoms with Crippen LogP contribution in [0.2, 0.25) is 0 Å². The third-order valence-electron chi connectivity index (χ3n) is 2.73. The minimum absolute atomic E-state index is 0.162. The van der Waals surface area contributed by atoms with E-state index in [1.54, 1.807) is 18.2 Å². The predicted molar refractivity (Wildman–Crippen MR) is 76.4 cm³/mol. The van der Waals surface area contributed by atoms with Gasteiger partial charge < -0.3 is 16.2 Å². The van der Waals surface area contributed by atoms with Crippen molar-refractivity contribution in [3.63, 3.8) is 0 Å². The summed E-state index contributed by atoms with van der Waals surface area (Å²) in [5, 5.41) is 11.7. The highest BCUT2D eigenvalue weighted by atomic mass is 79.9. The molecule has 5 heteroatoms. The monoisotopic (exact) mass is 314 g/mol. The average Bonchev–Trinajstić information content (AvgIpc) is 2.36. The van der Waals surface area contributed by atoms with Crippen LogP contribution in [0.5, 0.6) is 0 Å². The van der Waals surface area contributed by atoms with E-state index in [9.17, 15) is 4.79 Å². The summed E-state index contributed by atoms with van der Waals surface area (Å²) in [5.74, 6) is 0.114. The molecule has 4 nitrogen and oxygen atoms in total. The first kappa shape index (κ1) is 15.0. The molecule has 1 atom stereocenters. The molecule has 0 fully saturated rings. The number of aliphatic hydroxyl groups is 1. The predicted octanol–water partition coefficient (Wildman–Crippen LogP) is 2.17. The molecule has 18 heavy (non-hydrogen) atoms. The maximum atomic E-state index is 11.9. The van der Waals surface area contributed by atoms with E-state index in [0.717, 1.165) is 17.3 Å². The van der Waals surface area contributed by atoms with Gasteiger partial charge in [0.15, 0.2) is 0 Å². The standard InChI is InChI=1S/C13H19BrN2O2/c1-9(8-17)3-2-6-16-13(18)11-7-10(14)4-5-12(11)15/h4-5,7,9,17H,2-3,6,8,15H2,1H3,(H,16,18). The molecule has 0 bridgehead atoms. The van der Waals surface area contributed by atoms with Gasteiger partial charge in [0.1, 0.15) is 0 Å². The molecule has 0 radical (unpaired) electrons. The zero-order chi connectivity index (χ0) is 13.5. The summed E-state index contributed by atoms with van der Waals surface area (Å²) in [5.41, 5.74) is 6.71. The van der Waals surface area contributed by atoms with Crippen LogP contribution in [0.3, 0.4) is 0 Å². The molecule has 4 N–H and O–H groups in total. The van der Waals surface area contributed by atoms with Gasteiger partial charge in [-0.05, 0) is 37.0 Å². The summed E-state index contributed by atoms with van der Waals surface area (Å²) in [6.45, 7) is 2.76. The molecule has 1 aromatic carbocycles. The lowest BCUT2D eigenvalue weighted by molar-refractivity contribution is 0.0953. The van der Waals surface area contributed by atoms with E-state index in [4.69, 9.17) is 10.8 Å². The molecule has 1 unspecified atom stereocenters. The highest BCUT2D eigenvalue weighted by molar-refractivity contribution is 9.10. The molecular weight excluding hydrogens is 296 g/mol. The fraction of sp³-hybridized carbons (Fsp3) is 0.462. The van der Waals surface area contributed by atoms with Crippen molar-refractivity contribution in [1.29, 1.82) is 0 Å². The van der Waals surface area contributed by atoms with Crippen molar-refractivity contribution in [2.75, 3.05) is 18.9 Å². The van der Waals surface area contributed by atoms with Crippen molar-refractivity contribution < 1.29 is 9.90 Å². The summed E-state index contributed by atoms with van der Waals surface area (Å²) in [6, 6.07) is 5.21. The van der Waals surface area contributed by atoms with E-state index >= 15 is 0 Å². The smallest absolute Gasteiger partial charge is 0.253 e. The molecule has 1 amide bonds. The highest BCUT2D eigenvalue weighted by Crippen LogP contribution is 2.18. The van der Waals surface area contributed by atoms with E-state index in [-0.39, 0.29) is 18.4 Å². The van der Waals surface area contributed by atoms with E-state index in [0.29, 0.717) is 17.8 Å². The van der Waals surface area contributed by atoms with Crippen molar-refractivity contribution in [2.45, 2.75) is 19.8 Å². The van der Waals surface area contributed by atoms with E-state index in [2.05, 4.69) is 21.2 Å². The molecule has 0 aromatic heterocycles. The van der Waals surface area contributed by atoms with Crippen molar-refractivity contribution in [3.05, 3.63) is 28.2 Å². The minimum Gasteiger partial charge on any atom is -0.398 e.